The van der Waals surface area contributed by atoms with Gasteiger partial charge in [-0.1, -0.05) is 6.07 Å². The highest BCUT2D eigenvalue weighted by Gasteiger charge is 2.03. The molecule has 0 aliphatic rings. The molecule has 0 fully saturated rings. The van der Waals surface area contributed by atoms with Gasteiger partial charge in [0.2, 0.25) is 0 Å². The van der Waals surface area contributed by atoms with Crippen LogP contribution in [0.3, 0.4) is 0 Å². The number of pyridine rings is 2. The molecule has 0 aliphatic heterocycles. The van der Waals surface area contributed by atoms with Crippen LogP contribution in [0.4, 0.5) is 5.82 Å². The molecule has 4 heteroatoms. The Morgan fingerprint density at radius 2 is 2.00 bits per heavy atom. The molecule has 0 unspecified atom stereocenters. The van der Waals surface area contributed by atoms with E-state index in [0.717, 1.165) is 24.6 Å². The summed E-state index contributed by atoms with van der Waals surface area (Å²) in [7, 11) is 3.97. The zero-order valence-corrected chi connectivity index (χ0v) is 10.8. The molecule has 0 spiro atoms. The van der Waals surface area contributed by atoms with Crippen LogP contribution in [0.15, 0.2) is 42.7 Å². The lowest BCUT2D eigenvalue weighted by molar-refractivity contribution is 0.315. The molecule has 1 N–H and O–H groups in total. The minimum atomic E-state index is 0.845. The maximum atomic E-state index is 4.33. The fraction of sp³-hybridized carbons (Fsp3) is 0.286. The average Bonchev–Trinajstić information content (AvgIpc) is 2.40. The third-order valence-corrected chi connectivity index (χ3v) is 2.69. The summed E-state index contributed by atoms with van der Waals surface area (Å²) in [5, 5.41) is 3.05. The maximum Gasteiger partial charge on any atom is 0.125 e. The summed E-state index contributed by atoms with van der Waals surface area (Å²) in [5.74, 6) is 0.902. The Labute approximate surface area is 108 Å². The van der Waals surface area contributed by atoms with Crippen molar-refractivity contribution in [2.75, 3.05) is 19.4 Å². The Morgan fingerprint density at radius 1 is 1.11 bits per heavy atom. The molecular formula is C14H18N4. The Kier molecular flexibility index (Phi) is 4.25. The van der Waals surface area contributed by atoms with Gasteiger partial charge in [0.05, 0.1) is 5.69 Å². The first-order valence-electron chi connectivity index (χ1n) is 5.99. The first kappa shape index (κ1) is 12.5. The molecule has 0 radical (unpaired) electrons. The van der Waals surface area contributed by atoms with Gasteiger partial charge in [-0.15, -0.1) is 0 Å². The summed E-state index contributed by atoms with van der Waals surface area (Å²) in [5.41, 5.74) is 2.33. The normalized spacial score (nSPS) is 10.6. The second-order valence-electron chi connectivity index (χ2n) is 4.29. The van der Waals surface area contributed by atoms with Gasteiger partial charge in [-0.05, 0) is 36.9 Å². The van der Waals surface area contributed by atoms with E-state index in [1.54, 1.807) is 0 Å². The van der Waals surface area contributed by atoms with Crippen LogP contribution in [0, 0.1) is 0 Å². The fourth-order valence-corrected chi connectivity index (χ4v) is 1.85. The number of aromatic nitrogens is 2. The standard InChI is InChI=1S/C14H18N4/c1-15-14-9-12(6-8-17-14)10-18(2)11-13-5-3-4-7-16-13/h3-9H,10-11H2,1-2H3,(H,15,17). The van der Waals surface area contributed by atoms with Crippen LogP contribution in [0.25, 0.3) is 0 Å². The third-order valence-electron chi connectivity index (χ3n) is 2.69. The molecule has 0 amide bonds. The third kappa shape index (κ3) is 3.53. The predicted molar refractivity (Wildman–Crippen MR) is 73.2 cm³/mol. The van der Waals surface area contributed by atoms with Gasteiger partial charge in [0.1, 0.15) is 5.82 Å². The SMILES string of the molecule is CNc1cc(CN(C)Cc2ccccn2)ccn1. The Bertz CT molecular complexity index is 484. The number of hydrogen-bond donors (Lipinski definition) is 1. The summed E-state index contributed by atoms with van der Waals surface area (Å²) in [6, 6.07) is 10.1. The molecule has 4 nitrogen and oxygen atoms in total. The molecule has 0 aromatic carbocycles. The zero-order chi connectivity index (χ0) is 12.8. The highest BCUT2D eigenvalue weighted by Crippen LogP contribution is 2.09. The molecule has 0 saturated heterocycles. The van der Waals surface area contributed by atoms with Crippen molar-refractivity contribution in [1.82, 2.24) is 14.9 Å². The van der Waals surface area contributed by atoms with Crippen molar-refractivity contribution in [3.05, 3.63) is 54.0 Å². The van der Waals surface area contributed by atoms with E-state index in [0.29, 0.717) is 0 Å². The molecule has 2 aromatic heterocycles. The van der Waals surface area contributed by atoms with Crippen LogP contribution in [-0.4, -0.2) is 29.0 Å². The first-order valence-corrected chi connectivity index (χ1v) is 5.99. The van der Waals surface area contributed by atoms with Crippen molar-refractivity contribution in [3.63, 3.8) is 0 Å². The predicted octanol–water partition coefficient (Wildman–Crippen LogP) is 2.15. The van der Waals surface area contributed by atoms with Crippen molar-refractivity contribution >= 4 is 5.82 Å². The van der Waals surface area contributed by atoms with Crippen LogP contribution < -0.4 is 5.32 Å². The first-order chi connectivity index (χ1) is 8.78. The van der Waals surface area contributed by atoms with Crippen molar-refractivity contribution in [2.24, 2.45) is 0 Å². The Balaban J connectivity index is 1.96. The Morgan fingerprint density at radius 3 is 2.72 bits per heavy atom. The molecule has 94 valence electrons. The lowest BCUT2D eigenvalue weighted by Gasteiger charge is -2.16. The van der Waals surface area contributed by atoms with Gasteiger partial charge in [-0.2, -0.15) is 0 Å². The smallest absolute Gasteiger partial charge is 0.125 e. The van der Waals surface area contributed by atoms with E-state index < -0.39 is 0 Å². The minimum Gasteiger partial charge on any atom is -0.373 e. The number of nitrogens with zero attached hydrogens (tertiary/aromatic N) is 3. The van der Waals surface area contributed by atoms with Crippen LogP contribution in [0.5, 0.6) is 0 Å². The monoisotopic (exact) mass is 242 g/mol. The van der Waals surface area contributed by atoms with Gasteiger partial charge in [0.15, 0.2) is 0 Å². The molecule has 0 atom stereocenters. The van der Waals surface area contributed by atoms with Crippen molar-refractivity contribution < 1.29 is 0 Å². The van der Waals surface area contributed by atoms with Crippen LogP contribution in [0.1, 0.15) is 11.3 Å². The van der Waals surface area contributed by atoms with Crippen LogP contribution >= 0.6 is 0 Å². The minimum absolute atomic E-state index is 0.845. The molecule has 2 heterocycles. The van der Waals surface area contributed by atoms with E-state index in [9.17, 15) is 0 Å². The topological polar surface area (TPSA) is 41.0 Å². The van der Waals surface area contributed by atoms with Gasteiger partial charge in [0, 0.05) is 32.5 Å². The largest absolute Gasteiger partial charge is 0.373 e. The lowest BCUT2D eigenvalue weighted by atomic mass is 10.2. The number of rotatable bonds is 5. The van der Waals surface area contributed by atoms with E-state index in [2.05, 4.69) is 33.3 Å². The van der Waals surface area contributed by atoms with E-state index in [4.69, 9.17) is 0 Å². The average molecular weight is 242 g/mol. The van der Waals surface area contributed by atoms with Crippen LogP contribution in [-0.2, 0) is 13.1 Å². The van der Waals surface area contributed by atoms with Gasteiger partial charge in [0.25, 0.3) is 0 Å². The fourth-order valence-electron chi connectivity index (χ4n) is 1.85. The molecule has 2 aromatic rings. The quantitative estimate of drug-likeness (QED) is 0.872. The maximum absolute atomic E-state index is 4.33. The number of anilines is 1. The summed E-state index contributed by atoms with van der Waals surface area (Å²) < 4.78 is 0. The molecule has 0 aliphatic carbocycles. The summed E-state index contributed by atoms with van der Waals surface area (Å²) in [6.45, 7) is 1.73. The van der Waals surface area contributed by atoms with Crippen molar-refractivity contribution in [2.45, 2.75) is 13.1 Å². The van der Waals surface area contributed by atoms with E-state index in [1.807, 2.05) is 43.7 Å². The van der Waals surface area contributed by atoms with Gasteiger partial charge < -0.3 is 5.32 Å². The van der Waals surface area contributed by atoms with Crippen molar-refractivity contribution in [3.8, 4) is 0 Å². The van der Waals surface area contributed by atoms with E-state index in [-0.39, 0.29) is 0 Å². The molecular weight excluding hydrogens is 224 g/mol. The summed E-state index contributed by atoms with van der Waals surface area (Å²) >= 11 is 0. The number of nitrogens with one attached hydrogen (secondary N) is 1. The van der Waals surface area contributed by atoms with E-state index >= 15 is 0 Å². The number of hydrogen-bond acceptors (Lipinski definition) is 4. The van der Waals surface area contributed by atoms with Crippen LogP contribution in [0.2, 0.25) is 0 Å². The lowest BCUT2D eigenvalue weighted by Crippen LogP contribution is -2.18. The molecule has 2 rings (SSSR count). The second-order valence-corrected chi connectivity index (χ2v) is 4.29. The summed E-state index contributed by atoms with van der Waals surface area (Å²) in [4.78, 5) is 10.8. The van der Waals surface area contributed by atoms with Gasteiger partial charge in [-0.25, -0.2) is 4.98 Å². The highest BCUT2D eigenvalue weighted by atomic mass is 15.1. The van der Waals surface area contributed by atoms with Crippen molar-refractivity contribution in [1.29, 1.82) is 0 Å². The molecule has 18 heavy (non-hydrogen) atoms. The second kappa shape index (κ2) is 6.12. The van der Waals surface area contributed by atoms with Gasteiger partial charge >= 0.3 is 0 Å². The molecule has 0 bridgehead atoms. The highest BCUT2D eigenvalue weighted by molar-refractivity contribution is 5.36. The molecule has 0 saturated carbocycles. The van der Waals surface area contributed by atoms with Gasteiger partial charge in [-0.3, -0.25) is 9.88 Å². The Hall–Kier alpha value is -1.94. The summed E-state index contributed by atoms with van der Waals surface area (Å²) in [6.07, 6.45) is 3.66. The zero-order valence-electron chi connectivity index (χ0n) is 10.8. The van der Waals surface area contributed by atoms with E-state index in [1.165, 1.54) is 5.56 Å².